The Bertz CT molecular complexity index is 820. The van der Waals surface area contributed by atoms with E-state index in [1.54, 1.807) is 4.90 Å². The Morgan fingerprint density at radius 2 is 1.82 bits per heavy atom. The van der Waals surface area contributed by atoms with Crippen molar-refractivity contribution in [2.24, 2.45) is 5.92 Å². The van der Waals surface area contributed by atoms with Crippen molar-refractivity contribution in [2.45, 2.75) is 32.1 Å². The SMILES string of the molecule is C=C1c2ccccc2C(=O)N1CCNc1cccc(OCC2CCCCC2)c1. The monoisotopic (exact) mass is 376 g/mol. The molecule has 4 rings (SSSR count). The van der Waals surface area contributed by atoms with Crippen molar-refractivity contribution < 1.29 is 9.53 Å². The Morgan fingerprint density at radius 1 is 1.04 bits per heavy atom. The molecular formula is C24H28N2O2. The van der Waals surface area contributed by atoms with Crippen molar-refractivity contribution in [3.05, 3.63) is 66.2 Å². The van der Waals surface area contributed by atoms with E-state index in [0.717, 1.165) is 34.9 Å². The number of nitrogens with zero attached hydrogens (tertiary/aromatic N) is 1. The molecule has 1 fully saturated rings. The van der Waals surface area contributed by atoms with Gasteiger partial charge >= 0.3 is 0 Å². The first-order valence-electron chi connectivity index (χ1n) is 10.3. The lowest BCUT2D eigenvalue weighted by atomic mass is 9.90. The molecule has 1 saturated carbocycles. The molecule has 0 radical (unpaired) electrons. The second kappa shape index (κ2) is 8.51. The van der Waals surface area contributed by atoms with Crippen molar-refractivity contribution in [2.75, 3.05) is 25.0 Å². The van der Waals surface area contributed by atoms with Gasteiger partial charge in [0.2, 0.25) is 0 Å². The van der Waals surface area contributed by atoms with Crippen LogP contribution in [0.1, 0.15) is 48.0 Å². The molecule has 1 aliphatic heterocycles. The maximum absolute atomic E-state index is 12.6. The van der Waals surface area contributed by atoms with Crippen LogP contribution in [0.15, 0.2) is 55.1 Å². The summed E-state index contributed by atoms with van der Waals surface area (Å²) in [4.78, 5) is 14.3. The molecule has 4 nitrogen and oxygen atoms in total. The zero-order valence-corrected chi connectivity index (χ0v) is 16.3. The molecule has 0 aromatic heterocycles. The third-order valence-electron chi connectivity index (χ3n) is 5.75. The summed E-state index contributed by atoms with van der Waals surface area (Å²) in [6, 6.07) is 15.7. The highest BCUT2D eigenvalue weighted by atomic mass is 16.5. The fourth-order valence-electron chi connectivity index (χ4n) is 4.15. The van der Waals surface area contributed by atoms with Crippen LogP contribution in [-0.2, 0) is 0 Å². The van der Waals surface area contributed by atoms with Crippen LogP contribution < -0.4 is 10.1 Å². The maximum atomic E-state index is 12.6. The highest BCUT2D eigenvalue weighted by molar-refractivity contribution is 6.08. The quantitative estimate of drug-likeness (QED) is 0.723. The van der Waals surface area contributed by atoms with Crippen LogP contribution in [0.2, 0.25) is 0 Å². The third kappa shape index (κ3) is 4.06. The average molecular weight is 377 g/mol. The zero-order chi connectivity index (χ0) is 19.3. The van der Waals surface area contributed by atoms with Crippen molar-refractivity contribution in [1.82, 2.24) is 4.90 Å². The van der Waals surface area contributed by atoms with Crippen molar-refractivity contribution in [3.8, 4) is 5.75 Å². The Hall–Kier alpha value is -2.75. The summed E-state index contributed by atoms with van der Waals surface area (Å²) < 4.78 is 6.02. The van der Waals surface area contributed by atoms with Crippen LogP contribution in [0, 0.1) is 5.92 Å². The number of hydrogen-bond donors (Lipinski definition) is 1. The van der Waals surface area contributed by atoms with Gasteiger partial charge in [0.1, 0.15) is 5.75 Å². The molecule has 0 saturated heterocycles. The van der Waals surface area contributed by atoms with Crippen LogP contribution in [0.25, 0.3) is 5.70 Å². The maximum Gasteiger partial charge on any atom is 0.259 e. The van der Waals surface area contributed by atoms with Gasteiger partial charge in [0.25, 0.3) is 5.91 Å². The van der Waals surface area contributed by atoms with E-state index in [0.29, 0.717) is 19.0 Å². The van der Waals surface area contributed by atoms with Gasteiger partial charge in [-0.15, -0.1) is 0 Å². The fraction of sp³-hybridized carbons (Fsp3) is 0.375. The molecule has 2 aliphatic rings. The normalized spacial score (nSPS) is 16.9. The fourth-order valence-corrected chi connectivity index (χ4v) is 4.15. The van der Waals surface area contributed by atoms with Crippen LogP contribution in [-0.4, -0.2) is 30.5 Å². The Balaban J connectivity index is 1.28. The molecular weight excluding hydrogens is 348 g/mol. The minimum Gasteiger partial charge on any atom is -0.493 e. The van der Waals surface area contributed by atoms with Gasteiger partial charge in [-0.05, 0) is 37.0 Å². The molecule has 2 aromatic carbocycles. The summed E-state index contributed by atoms with van der Waals surface area (Å²) in [6.45, 7) is 6.14. The van der Waals surface area contributed by atoms with Crippen LogP contribution in [0.3, 0.4) is 0 Å². The minimum absolute atomic E-state index is 0.0342. The Kier molecular flexibility index (Phi) is 5.65. The molecule has 0 atom stereocenters. The minimum atomic E-state index is 0.0342. The summed E-state index contributed by atoms with van der Waals surface area (Å²) in [5, 5.41) is 3.40. The Morgan fingerprint density at radius 3 is 2.61 bits per heavy atom. The number of benzene rings is 2. The van der Waals surface area contributed by atoms with E-state index in [1.165, 1.54) is 32.1 Å². The second-order valence-electron chi connectivity index (χ2n) is 7.72. The van der Waals surface area contributed by atoms with E-state index >= 15 is 0 Å². The predicted molar refractivity (Wildman–Crippen MR) is 114 cm³/mol. The first-order valence-corrected chi connectivity index (χ1v) is 10.3. The number of ether oxygens (including phenoxy) is 1. The molecule has 0 bridgehead atoms. The molecule has 146 valence electrons. The topological polar surface area (TPSA) is 41.6 Å². The molecule has 2 aromatic rings. The van der Waals surface area contributed by atoms with Gasteiger partial charge in [-0.2, -0.15) is 0 Å². The molecule has 1 amide bonds. The van der Waals surface area contributed by atoms with Crippen LogP contribution >= 0.6 is 0 Å². The number of hydrogen-bond acceptors (Lipinski definition) is 3. The van der Waals surface area contributed by atoms with Gasteiger partial charge in [-0.1, -0.05) is 50.1 Å². The summed E-state index contributed by atoms with van der Waals surface area (Å²) in [5.41, 5.74) is 3.47. The highest BCUT2D eigenvalue weighted by Gasteiger charge is 2.29. The van der Waals surface area contributed by atoms with Gasteiger partial charge in [-0.25, -0.2) is 0 Å². The first kappa shape index (κ1) is 18.6. The summed E-state index contributed by atoms with van der Waals surface area (Å²) in [6.07, 6.45) is 6.61. The van der Waals surface area contributed by atoms with Gasteiger partial charge in [-0.3, -0.25) is 4.79 Å². The summed E-state index contributed by atoms with van der Waals surface area (Å²) in [5.74, 6) is 1.63. The lowest BCUT2D eigenvalue weighted by molar-refractivity contribution is 0.0854. The number of amides is 1. The smallest absolute Gasteiger partial charge is 0.259 e. The highest BCUT2D eigenvalue weighted by Crippen LogP contribution is 2.31. The molecule has 4 heteroatoms. The van der Waals surface area contributed by atoms with Gasteiger partial charge in [0.05, 0.1) is 6.61 Å². The van der Waals surface area contributed by atoms with Crippen LogP contribution in [0.4, 0.5) is 5.69 Å². The number of nitrogens with one attached hydrogen (secondary N) is 1. The molecule has 1 N–H and O–H groups in total. The Labute approximate surface area is 167 Å². The van der Waals surface area contributed by atoms with E-state index < -0.39 is 0 Å². The number of carbonyl (C=O) groups is 1. The first-order chi connectivity index (χ1) is 13.7. The standard InChI is InChI=1S/C24H28N2O2/c1-18-22-12-5-6-13-23(22)24(27)26(18)15-14-25-20-10-7-11-21(16-20)28-17-19-8-3-2-4-9-19/h5-7,10-13,16,19,25H,1-4,8-9,14-15,17H2. The van der Waals surface area contributed by atoms with Crippen molar-refractivity contribution in [1.29, 1.82) is 0 Å². The zero-order valence-electron chi connectivity index (χ0n) is 16.3. The van der Waals surface area contributed by atoms with E-state index in [9.17, 15) is 4.79 Å². The molecule has 0 spiro atoms. The lowest BCUT2D eigenvalue weighted by Crippen LogP contribution is -2.28. The number of carbonyl (C=O) groups excluding carboxylic acids is 1. The second-order valence-corrected chi connectivity index (χ2v) is 7.72. The van der Waals surface area contributed by atoms with E-state index in [1.807, 2.05) is 48.5 Å². The third-order valence-corrected chi connectivity index (χ3v) is 5.75. The van der Waals surface area contributed by atoms with Gasteiger partial charge in [0, 0.05) is 41.7 Å². The molecule has 1 heterocycles. The molecule has 0 unspecified atom stereocenters. The predicted octanol–water partition coefficient (Wildman–Crippen LogP) is 5.18. The molecule has 1 aliphatic carbocycles. The van der Waals surface area contributed by atoms with Crippen molar-refractivity contribution in [3.63, 3.8) is 0 Å². The summed E-state index contributed by atoms with van der Waals surface area (Å²) >= 11 is 0. The van der Waals surface area contributed by atoms with E-state index in [2.05, 4.69) is 11.9 Å². The average Bonchev–Trinajstić information content (AvgIpc) is 2.98. The number of rotatable bonds is 7. The van der Waals surface area contributed by atoms with E-state index in [4.69, 9.17) is 4.74 Å². The number of fused-ring (bicyclic) bond motifs is 1. The van der Waals surface area contributed by atoms with Gasteiger partial charge in [0.15, 0.2) is 0 Å². The van der Waals surface area contributed by atoms with Gasteiger partial charge < -0.3 is 15.0 Å². The molecule has 28 heavy (non-hydrogen) atoms. The number of anilines is 1. The van der Waals surface area contributed by atoms with Crippen LogP contribution in [0.5, 0.6) is 5.75 Å². The summed E-state index contributed by atoms with van der Waals surface area (Å²) in [7, 11) is 0. The lowest BCUT2D eigenvalue weighted by Gasteiger charge is -2.22. The van der Waals surface area contributed by atoms with Crippen molar-refractivity contribution >= 4 is 17.3 Å². The largest absolute Gasteiger partial charge is 0.493 e. The van der Waals surface area contributed by atoms with E-state index in [-0.39, 0.29) is 5.91 Å².